The predicted molar refractivity (Wildman–Crippen MR) is 134 cm³/mol. The fraction of sp³-hybridized carbons (Fsp3) is 0.423. The van der Waals surface area contributed by atoms with Crippen LogP contribution in [0.1, 0.15) is 47.2 Å². The lowest BCUT2D eigenvalue weighted by Crippen LogP contribution is -2.53. The number of carbonyl (C=O) groups is 3. The lowest BCUT2D eigenvalue weighted by atomic mass is 10.0. The zero-order valence-corrected chi connectivity index (χ0v) is 20.7. The molecule has 4 heterocycles. The molecule has 3 unspecified atom stereocenters. The van der Waals surface area contributed by atoms with Crippen molar-refractivity contribution in [2.75, 3.05) is 18.0 Å². The Labute approximate surface area is 213 Å². The number of anilines is 1. The molecular formula is C26H26Cl2N4O3. The van der Waals surface area contributed by atoms with Crippen LogP contribution in [-0.2, 0) is 22.7 Å². The van der Waals surface area contributed by atoms with E-state index < -0.39 is 6.04 Å². The minimum absolute atomic E-state index is 0.133. The number of benzene rings is 2. The molecule has 2 bridgehead atoms. The highest BCUT2D eigenvalue weighted by Gasteiger charge is 2.42. The number of halogens is 2. The topological polar surface area (TPSA) is 73.0 Å². The first kappa shape index (κ1) is 22.8. The van der Waals surface area contributed by atoms with Gasteiger partial charge in [-0.1, -0.05) is 41.4 Å². The van der Waals surface area contributed by atoms with E-state index in [9.17, 15) is 14.4 Å². The fourth-order valence-electron chi connectivity index (χ4n) is 6.19. The Kier molecular flexibility index (Phi) is 5.74. The molecular weight excluding hydrogens is 487 g/mol. The third-order valence-electron chi connectivity index (χ3n) is 7.76. The number of piperazine rings is 1. The molecule has 1 N–H and O–H groups in total. The van der Waals surface area contributed by atoms with Gasteiger partial charge in [0, 0.05) is 50.2 Å². The molecule has 3 amide bonds. The number of hydrogen-bond acceptors (Lipinski definition) is 5. The molecule has 35 heavy (non-hydrogen) atoms. The van der Waals surface area contributed by atoms with Crippen molar-refractivity contribution in [2.24, 2.45) is 0 Å². The average Bonchev–Trinajstić information content (AvgIpc) is 3.28. The van der Waals surface area contributed by atoms with E-state index in [1.54, 1.807) is 4.90 Å². The molecule has 2 aromatic carbocycles. The second kappa shape index (κ2) is 8.80. The van der Waals surface area contributed by atoms with Crippen LogP contribution in [0.25, 0.3) is 0 Å². The minimum atomic E-state index is -0.585. The van der Waals surface area contributed by atoms with Crippen LogP contribution in [0.2, 0.25) is 10.0 Å². The van der Waals surface area contributed by atoms with Gasteiger partial charge in [0.2, 0.25) is 11.8 Å². The number of piperidine rings is 1. The molecule has 0 aromatic heterocycles. The summed E-state index contributed by atoms with van der Waals surface area (Å²) in [5.74, 6) is -0.786. The van der Waals surface area contributed by atoms with Crippen molar-refractivity contribution in [2.45, 2.75) is 56.9 Å². The summed E-state index contributed by atoms with van der Waals surface area (Å²) >= 11 is 12.8. The number of imide groups is 1. The Morgan fingerprint density at radius 3 is 2.49 bits per heavy atom. The van der Waals surface area contributed by atoms with Crippen LogP contribution in [0.4, 0.5) is 5.69 Å². The van der Waals surface area contributed by atoms with Gasteiger partial charge in [-0.3, -0.25) is 24.6 Å². The first-order valence-corrected chi connectivity index (χ1v) is 12.9. The van der Waals surface area contributed by atoms with E-state index in [1.165, 1.54) is 0 Å². The first-order chi connectivity index (χ1) is 16.9. The van der Waals surface area contributed by atoms with Gasteiger partial charge in [0.15, 0.2) is 0 Å². The molecule has 0 radical (unpaired) electrons. The van der Waals surface area contributed by atoms with E-state index >= 15 is 0 Å². The summed E-state index contributed by atoms with van der Waals surface area (Å²) in [4.78, 5) is 43.3. The van der Waals surface area contributed by atoms with Gasteiger partial charge in [0.05, 0.1) is 15.7 Å². The van der Waals surface area contributed by atoms with Crippen LogP contribution in [0, 0.1) is 0 Å². The third-order valence-corrected chi connectivity index (χ3v) is 8.57. The summed E-state index contributed by atoms with van der Waals surface area (Å²) in [5, 5.41) is 3.57. The van der Waals surface area contributed by atoms with Gasteiger partial charge in [-0.15, -0.1) is 0 Å². The number of rotatable bonds is 4. The maximum absolute atomic E-state index is 13.0. The number of hydrogen-bond donors (Lipinski definition) is 1. The van der Waals surface area contributed by atoms with E-state index in [0.29, 0.717) is 40.7 Å². The molecule has 3 saturated heterocycles. The summed E-state index contributed by atoms with van der Waals surface area (Å²) in [6, 6.07) is 12.0. The summed E-state index contributed by atoms with van der Waals surface area (Å²) in [6.45, 7) is 3.10. The normalized spacial score (nSPS) is 26.3. The van der Waals surface area contributed by atoms with Crippen LogP contribution in [0.15, 0.2) is 36.4 Å². The molecule has 182 valence electrons. The number of likely N-dealkylation sites (tertiary alicyclic amines) is 1. The summed E-state index contributed by atoms with van der Waals surface area (Å²) in [7, 11) is 0. The zero-order valence-electron chi connectivity index (χ0n) is 19.2. The summed E-state index contributed by atoms with van der Waals surface area (Å²) < 4.78 is 0. The summed E-state index contributed by atoms with van der Waals surface area (Å²) in [5.41, 5.74) is 3.79. The molecule has 4 aliphatic heterocycles. The van der Waals surface area contributed by atoms with Crippen molar-refractivity contribution in [3.05, 3.63) is 63.1 Å². The monoisotopic (exact) mass is 512 g/mol. The Balaban J connectivity index is 1.15. The number of fused-ring (bicyclic) bond motifs is 3. The Bertz CT molecular complexity index is 1220. The smallest absolute Gasteiger partial charge is 0.255 e. The SMILES string of the molecule is O=C1CCC(N2Cc3cc(CN4CC5CCC(C4)N5c4cccc(Cl)c4Cl)ccc3C2=O)C(=O)N1. The molecule has 2 aromatic rings. The first-order valence-electron chi connectivity index (χ1n) is 12.1. The molecule has 0 spiro atoms. The number of nitrogens with one attached hydrogen (secondary N) is 1. The van der Waals surface area contributed by atoms with Crippen LogP contribution < -0.4 is 10.2 Å². The van der Waals surface area contributed by atoms with Crippen molar-refractivity contribution in [1.29, 1.82) is 0 Å². The van der Waals surface area contributed by atoms with Crippen molar-refractivity contribution >= 4 is 46.6 Å². The molecule has 6 rings (SSSR count). The van der Waals surface area contributed by atoms with Crippen LogP contribution in [0.3, 0.4) is 0 Å². The lowest BCUT2D eigenvalue weighted by Gasteiger charge is -2.43. The predicted octanol–water partition coefficient (Wildman–Crippen LogP) is 3.61. The Morgan fingerprint density at radius 1 is 0.971 bits per heavy atom. The third kappa shape index (κ3) is 3.99. The second-order valence-corrected chi connectivity index (χ2v) is 10.7. The zero-order chi connectivity index (χ0) is 24.3. The van der Waals surface area contributed by atoms with Crippen molar-refractivity contribution < 1.29 is 14.4 Å². The van der Waals surface area contributed by atoms with Gasteiger partial charge in [-0.05, 0) is 48.6 Å². The van der Waals surface area contributed by atoms with Gasteiger partial charge in [0.1, 0.15) is 6.04 Å². The van der Waals surface area contributed by atoms with Crippen molar-refractivity contribution in [1.82, 2.24) is 15.1 Å². The standard InChI is InChI=1S/C26H26Cl2N4O3/c27-20-2-1-3-21(24(20)28)32-17-5-6-18(32)14-30(13-17)11-15-4-7-19-16(10-15)12-31(26(19)35)22-8-9-23(33)29-25(22)34/h1-4,7,10,17-18,22H,5-6,8-9,11-14H2,(H,29,33,34). The second-order valence-electron chi connectivity index (χ2n) is 9.95. The van der Waals surface area contributed by atoms with Crippen molar-refractivity contribution in [3.63, 3.8) is 0 Å². The van der Waals surface area contributed by atoms with E-state index in [1.807, 2.05) is 24.3 Å². The number of carbonyl (C=O) groups excluding carboxylic acids is 3. The number of amides is 3. The van der Waals surface area contributed by atoms with Gasteiger partial charge in [-0.2, -0.15) is 0 Å². The van der Waals surface area contributed by atoms with Gasteiger partial charge in [-0.25, -0.2) is 0 Å². The maximum atomic E-state index is 13.0. The Morgan fingerprint density at radius 2 is 1.74 bits per heavy atom. The molecule has 9 heteroatoms. The highest BCUT2D eigenvalue weighted by molar-refractivity contribution is 6.43. The molecule has 4 aliphatic rings. The largest absolute Gasteiger partial charge is 0.362 e. The molecule has 7 nitrogen and oxygen atoms in total. The molecule has 3 atom stereocenters. The average molecular weight is 513 g/mol. The molecule has 0 saturated carbocycles. The minimum Gasteiger partial charge on any atom is -0.362 e. The Hall–Kier alpha value is -2.61. The van der Waals surface area contributed by atoms with E-state index in [0.717, 1.165) is 49.3 Å². The highest BCUT2D eigenvalue weighted by atomic mass is 35.5. The van der Waals surface area contributed by atoms with E-state index in [2.05, 4.69) is 27.2 Å². The summed E-state index contributed by atoms with van der Waals surface area (Å²) in [6.07, 6.45) is 2.89. The van der Waals surface area contributed by atoms with Crippen LogP contribution >= 0.6 is 23.2 Å². The lowest BCUT2D eigenvalue weighted by molar-refractivity contribution is -0.136. The maximum Gasteiger partial charge on any atom is 0.255 e. The highest BCUT2D eigenvalue weighted by Crippen LogP contribution is 2.41. The van der Waals surface area contributed by atoms with Crippen LogP contribution in [0.5, 0.6) is 0 Å². The van der Waals surface area contributed by atoms with Gasteiger partial charge in [0.25, 0.3) is 5.91 Å². The quantitative estimate of drug-likeness (QED) is 0.633. The van der Waals surface area contributed by atoms with E-state index in [4.69, 9.17) is 23.2 Å². The van der Waals surface area contributed by atoms with Gasteiger partial charge >= 0.3 is 0 Å². The number of nitrogens with zero attached hydrogens (tertiary/aromatic N) is 3. The molecule has 3 fully saturated rings. The molecule has 0 aliphatic carbocycles. The van der Waals surface area contributed by atoms with Crippen LogP contribution in [-0.4, -0.2) is 58.7 Å². The van der Waals surface area contributed by atoms with E-state index in [-0.39, 0.29) is 24.1 Å². The van der Waals surface area contributed by atoms with Gasteiger partial charge < -0.3 is 9.80 Å². The van der Waals surface area contributed by atoms with Crippen molar-refractivity contribution in [3.8, 4) is 0 Å². The fourth-order valence-corrected chi connectivity index (χ4v) is 6.58.